The van der Waals surface area contributed by atoms with E-state index in [1.165, 1.54) is 4.90 Å². The summed E-state index contributed by atoms with van der Waals surface area (Å²) in [6.07, 6.45) is 3.78. The number of aromatic amines is 1. The van der Waals surface area contributed by atoms with Crippen LogP contribution in [0, 0.1) is 0 Å². The molecule has 0 unspecified atom stereocenters. The SMILES string of the molecule is NC(=O)CN(C(=O)c1n[nH]c(C2CC2)n1)C1CCNCC1. The van der Waals surface area contributed by atoms with Gasteiger partial charge in [0.15, 0.2) is 0 Å². The van der Waals surface area contributed by atoms with Crippen molar-refractivity contribution >= 4 is 11.8 Å². The van der Waals surface area contributed by atoms with E-state index in [-0.39, 0.29) is 24.3 Å². The second-order valence-corrected chi connectivity index (χ2v) is 5.70. The summed E-state index contributed by atoms with van der Waals surface area (Å²) in [5.41, 5.74) is 5.28. The highest BCUT2D eigenvalue weighted by atomic mass is 16.2. The summed E-state index contributed by atoms with van der Waals surface area (Å²) >= 11 is 0. The van der Waals surface area contributed by atoms with Gasteiger partial charge in [0, 0.05) is 12.0 Å². The van der Waals surface area contributed by atoms with Crippen molar-refractivity contribution in [1.82, 2.24) is 25.4 Å². The fourth-order valence-corrected chi connectivity index (χ4v) is 2.69. The molecule has 114 valence electrons. The first-order valence-electron chi connectivity index (χ1n) is 7.37. The Morgan fingerprint density at radius 2 is 1.95 bits per heavy atom. The van der Waals surface area contributed by atoms with Crippen molar-refractivity contribution in [3.05, 3.63) is 11.6 Å². The van der Waals surface area contributed by atoms with Gasteiger partial charge in [0.1, 0.15) is 12.4 Å². The highest BCUT2D eigenvalue weighted by molar-refractivity contribution is 5.93. The lowest BCUT2D eigenvalue weighted by Gasteiger charge is -2.33. The Balaban J connectivity index is 1.76. The number of carbonyl (C=O) groups is 2. The number of nitrogens with one attached hydrogen (secondary N) is 2. The molecule has 1 aliphatic carbocycles. The van der Waals surface area contributed by atoms with E-state index < -0.39 is 5.91 Å². The summed E-state index contributed by atoms with van der Waals surface area (Å²) in [5.74, 6) is 0.477. The zero-order valence-electron chi connectivity index (χ0n) is 11.8. The molecule has 21 heavy (non-hydrogen) atoms. The van der Waals surface area contributed by atoms with Crippen molar-refractivity contribution in [2.24, 2.45) is 5.73 Å². The van der Waals surface area contributed by atoms with Crippen LogP contribution in [0.2, 0.25) is 0 Å². The lowest BCUT2D eigenvalue weighted by atomic mass is 10.0. The molecular formula is C13H20N6O2. The van der Waals surface area contributed by atoms with Gasteiger partial charge in [-0.3, -0.25) is 14.7 Å². The number of hydrogen-bond acceptors (Lipinski definition) is 5. The molecule has 1 aromatic heterocycles. The molecule has 2 fully saturated rings. The Kier molecular flexibility index (Phi) is 3.87. The lowest BCUT2D eigenvalue weighted by Crippen LogP contribution is -2.49. The second kappa shape index (κ2) is 5.80. The highest BCUT2D eigenvalue weighted by Crippen LogP contribution is 2.37. The Hall–Kier alpha value is -1.96. The summed E-state index contributed by atoms with van der Waals surface area (Å²) in [6.45, 7) is 1.57. The minimum Gasteiger partial charge on any atom is -0.368 e. The van der Waals surface area contributed by atoms with Crippen LogP contribution in [0.4, 0.5) is 0 Å². The van der Waals surface area contributed by atoms with Crippen LogP contribution in [0.25, 0.3) is 0 Å². The van der Waals surface area contributed by atoms with E-state index in [4.69, 9.17) is 5.73 Å². The molecule has 2 heterocycles. The third kappa shape index (κ3) is 3.21. The molecule has 1 aliphatic heterocycles. The van der Waals surface area contributed by atoms with Gasteiger partial charge in [-0.05, 0) is 38.8 Å². The molecule has 3 rings (SSSR count). The van der Waals surface area contributed by atoms with E-state index in [0.29, 0.717) is 5.92 Å². The number of primary amides is 1. The van der Waals surface area contributed by atoms with Gasteiger partial charge in [-0.15, -0.1) is 5.10 Å². The monoisotopic (exact) mass is 292 g/mol. The predicted molar refractivity (Wildman–Crippen MR) is 74.5 cm³/mol. The number of carbonyl (C=O) groups excluding carboxylic acids is 2. The molecule has 1 saturated heterocycles. The summed E-state index contributed by atoms with van der Waals surface area (Å²) in [5, 5.41) is 10.1. The predicted octanol–water partition coefficient (Wildman–Crippen LogP) is -0.638. The summed E-state index contributed by atoms with van der Waals surface area (Å²) < 4.78 is 0. The van der Waals surface area contributed by atoms with Crippen LogP contribution in [0.5, 0.6) is 0 Å². The van der Waals surface area contributed by atoms with Crippen LogP contribution in [0.3, 0.4) is 0 Å². The number of nitrogens with two attached hydrogens (primary N) is 1. The molecule has 0 aromatic carbocycles. The zero-order chi connectivity index (χ0) is 14.8. The van der Waals surface area contributed by atoms with Crippen molar-refractivity contribution in [2.45, 2.75) is 37.6 Å². The number of H-pyrrole nitrogens is 1. The molecule has 0 atom stereocenters. The van der Waals surface area contributed by atoms with Gasteiger partial charge >= 0.3 is 0 Å². The maximum atomic E-state index is 12.6. The van der Waals surface area contributed by atoms with E-state index >= 15 is 0 Å². The maximum absolute atomic E-state index is 12.6. The van der Waals surface area contributed by atoms with Crippen LogP contribution in [-0.4, -0.2) is 57.6 Å². The van der Waals surface area contributed by atoms with E-state index in [2.05, 4.69) is 20.5 Å². The molecule has 0 bridgehead atoms. The summed E-state index contributed by atoms with van der Waals surface area (Å²) in [7, 11) is 0. The van der Waals surface area contributed by atoms with Crippen molar-refractivity contribution < 1.29 is 9.59 Å². The molecule has 4 N–H and O–H groups in total. The van der Waals surface area contributed by atoms with Gasteiger partial charge in [-0.25, -0.2) is 4.98 Å². The van der Waals surface area contributed by atoms with Crippen LogP contribution in [-0.2, 0) is 4.79 Å². The van der Waals surface area contributed by atoms with Crippen LogP contribution in [0.15, 0.2) is 0 Å². The van der Waals surface area contributed by atoms with Gasteiger partial charge in [0.05, 0.1) is 0 Å². The number of aromatic nitrogens is 3. The van der Waals surface area contributed by atoms with E-state index in [1.54, 1.807) is 0 Å². The van der Waals surface area contributed by atoms with Gasteiger partial charge in [0.25, 0.3) is 5.91 Å². The normalized spacial score (nSPS) is 19.4. The van der Waals surface area contributed by atoms with Crippen molar-refractivity contribution in [3.63, 3.8) is 0 Å². The van der Waals surface area contributed by atoms with Crippen molar-refractivity contribution in [2.75, 3.05) is 19.6 Å². The molecule has 0 spiro atoms. The first-order chi connectivity index (χ1) is 10.1. The first kappa shape index (κ1) is 14.0. The average Bonchev–Trinajstić information content (AvgIpc) is 3.22. The zero-order valence-corrected chi connectivity index (χ0v) is 11.8. The third-order valence-corrected chi connectivity index (χ3v) is 3.99. The van der Waals surface area contributed by atoms with Crippen LogP contribution in [0.1, 0.15) is 48.0 Å². The molecule has 2 aliphatic rings. The second-order valence-electron chi connectivity index (χ2n) is 5.70. The van der Waals surface area contributed by atoms with Gasteiger partial charge in [-0.2, -0.15) is 0 Å². The number of nitrogens with zero attached hydrogens (tertiary/aromatic N) is 3. The standard InChI is InChI=1S/C13H20N6O2/c14-10(20)7-19(9-3-5-15-6-4-9)13(21)12-16-11(17-18-12)8-1-2-8/h8-9,15H,1-7H2,(H2,14,20)(H,16,17,18). The number of hydrogen-bond donors (Lipinski definition) is 3. The first-order valence-corrected chi connectivity index (χ1v) is 7.37. The van der Waals surface area contributed by atoms with Gasteiger partial charge in [-0.1, -0.05) is 0 Å². The smallest absolute Gasteiger partial charge is 0.294 e. The number of rotatable bonds is 5. The molecule has 8 nitrogen and oxygen atoms in total. The van der Waals surface area contributed by atoms with E-state index in [0.717, 1.165) is 44.6 Å². The third-order valence-electron chi connectivity index (χ3n) is 3.99. The average molecular weight is 292 g/mol. The quantitative estimate of drug-likeness (QED) is 0.667. The number of piperidine rings is 1. The molecule has 8 heteroatoms. The molecule has 0 radical (unpaired) electrons. The van der Waals surface area contributed by atoms with Crippen molar-refractivity contribution in [1.29, 1.82) is 0 Å². The summed E-state index contributed by atoms with van der Waals surface area (Å²) in [6, 6.07) is 0.00845. The Morgan fingerprint density at radius 3 is 2.57 bits per heavy atom. The highest BCUT2D eigenvalue weighted by Gasteiger charge is 2.32. The largest absolute Gasteiger partial charge is 0.368 e. The fourth-order valence-electron chi connectivity index (χ4n) is 2.69. The Morgan fingerprint density at radius 1 is 1.24 bits per heavy atom. The van der Waals surface area contributed by atoms with Crippen LogP contribution >= 0.6 is 0 Å². The number of amides is 2. The topological polar surface area (TPSA) is 117 Å². The summed E-state index contributed by atoms with van der Waals surface area (Å²) in [4.78, 5) is 29.7. The Labute approximate surface area is 122 Å². The molecule has 2 amide bonds. The lowest BCUT2D eigenvalue weighted by molar-refractivity contribution is -0.119. The van der Waals surface area contributed by atoms with Crippen molar-refractivity contribution in [3.8, 4) is 0 Å². The Bertz CT molecular complexity index is 533. The fraction of sp³-hybridized carbons (Fsp3) is 0.692. The molecule has 1 aromatic rings. The van der Waals surface area contributed by atoms with E-state index in [9.17, 15) is 9.59 Å². The van der Waals surface area contributed by atoms with E-state index in [1.807, 2.05) is 0 Å². The minimum atomic E-state index is -0.514. The van der Waals surface area contributed by atoms with Gasteiger partial charge < -0.3 is 16.0 Å². The van der Waals surface area contributed by atoms with Gasteiger partial charge in [0.2, 0.25) is 11.7 Å². The van der Waals surface area contributed by atoms with Crippen LogP contribution < -0.4 is 11.1 Å². The molecular weight excluding hydrogens is 272 g/mol. The minimum absolute atomic E-state index is 0.00845. The molecule has 1 saturated carbocycles. The maximum Gasteiger partial charge on any atom is 0.294 e.